The van der Waals surface area contributed by atoms with Crippen LogP contribution in [0.1, 0.15) is 24.1 Å². The highest BCUT2D eigenvalue weighted by Crippen LogP contribution is 2.30. The molecule has 2 aromatic rings. The highest BCUT2D eigenvalue weighted by atomic mass is 35.5. The van der Waals surface area contributed by atoms with E-state index in [0.717, 1.165) is 16.8 Å². The van der Waals surface area contributed by atoms with E-state index in [2.05, 4.69) is 10.6 Å². The van der Waals surface area contributed by atoms with Gasteiger partial charge >= 0.3 is 0 Å². The lowest BCUT2D eigenvalue weighted by atomic mass is 10.1. The maximum Gasteiger partial charge on any atom is 0.239 e. The van der Waals surface area contributed by atoms with Crippen LogP contribution >= 0.6 is 23.2 Å². The summed E-state index contributed by atoms with van der Waals surface area (Å²) < 4.78 is 5.28. The average Bonchev–Trinajstić information content (AvgIpc) is 2.56. The van der Waals surface area contributed by atoms with E-state index < -0.39 is 0 Å². The molecular formula is C18H20Cl2N2O2. The first-order valence-corrected chi connectivity index (χ1v) is 8.29. The van der Waals surface area contributed by atoms with Gasteiger partial charge in [0.2, 0.25) is 5.91 Å². The normalized spacial score (nSPS) is 11.7. The van der Waals surface area contributed by atoms with Crippen molar-refractivity contribution in [1.82, 2.24) is 5.32 Å². The minimum absolute atomic E-state index is 0.106. The molecule has 4 nitrogen and oxygen atoms in total. The summed E-state index contributed by atoms with van der Waals surface area (Å²) in [5, 5.41) is 7.31. The summed E-state index contributed by atoms with van der Waals surface area (Å²) in [5.41, 5.74) is 2.64. The summed E-state index contributed by atoms with van der Waals surface area (Å²) in [6.45, 7) is 3.96. The Labute approximate surface area is 152 Å². The summed E-state index contributed by atoms with van der Waals surface area (Å²) in [7, 11) is 1.56. The molecule has 128 valence electrons. The van der Waals surface area contributed by atoms with E-state index in [1.165, 1.54) is 0 Å². The minimum Gasteiger partial charge on any atom is -0.495 e. The van der Waals surface area contributed by atoms with E-state index in [4.69, 9.17) is 27.9 Å². The molecule has 0 aliphatic heterocycles. The Balaban J connectivity index is 1.96. The monoisotopic (exact) mass is 366 g/mol. The molecule has 0 bridgehead atoms. The third kappa shape index (κ3) is 4.79. The van der Waals surface area contributed by atoms with Crippen molar-refractivity contribution in [2.24, 2.45) is 0 Å². The van der Waals surface area contributed by atoms with E-state index in [0.29, 0.717) is 15.8 Å². The van der Waals surface area contributed by atoms with Crippen molar-refractivity contribution in [3.8, 4) is 5.75 Å². The van der Waals surface area contributed by atoms with Crippen LogP contribution in [-0.2, 0) is 4.79 Å². The second kappa shape index (κ2) is 8.27. The van der Waals surface area contributed by atoms with Gasteiger partial charge in [-0.3, -0.25) is 4.79 Å². The second-order valence-corrected chi connectivity index (χ2v) is 6.34. The third-order valence-electron chi connectivity index (χ3n) is 3.67. The molecule has 2 rings (SSSR count). The molecule has 0 heterocycles. The highest BCUT2D eigenvalue weighted by Gasteiger charge is 2.11. The molecule has 2 aromatic carbocycles. The minimum atomic E-state index is -0.118. The topological polar surface area (TPSA) is 50.4 Å². The number of rotatable bonds is 6. The van der Waals surface area contributed by atoms with Crippen LogP contribution in [0, 0.1) is 6.92 Å². The summed E-state index contributed by atoms with van der Waals surface area (Å²) in [4.78, 5) is 12.2. The molecule has 0 saturated carbocycles. The number of carbonyl (C=O) groups is 1. The fourth-order valence-electron chi connectivity index (χ4n) is 2.27. The van der Waals surface area contributed by atoms with Crippen molar-refractivity contribution in [2.45, 2.75) is 19.9 Å². The predicted molar refractivity (Wildman–Crippen MR) is 99.2 cm³/mol. The van der Waals surface area contributed by atoms with E-state index in [1.54, 1.807) is 25.3 Å². The fraction of sp³-hybridized carbons (Fsp3) is 0.278. The van der Waals surface area contributed by atoms with Crippen LogP contribution in [0.15, 0.2) is 36.4 Å². The van der Waals surface area contributed by atoms with E-state index in [-0.39, 0.29) is 18.5 Å². The van der Waals surface area contributed by atoms with Gasteiger partial charge in [-0.15, -0.1) is 0 Å². The third-order valence-corrected chi connectivity index (χ3v) is 4.33. The first-order valence-electron chi connectivity index (χ1n) is 7.53. The number of benzene rings is 2. The van der Waals surface area contributed by atoms with Crippen molar-refractivity contribution in [3.05, 3.63) is 57.6 Å². The summed E-state index contributed by atoms with van der Waals surface area (Å²) in [6, 6.07) is 10.9. The quantitative estimate of drug-likeness (QED) is 0.785. The van der Waals surface area contributed by atoms with Crippen LogP contribution in [0.25, 0.3) is 0 Å². The molecule has 0 radical (unpaired) electrons. The number of anilines is 1. The maximum atomic E-state index is 12.2. The van der Waals surface area contributed by atoms with Crippen molar-refractivity contribution >= 4 is 34.8 Å². The molecule has 1 amide bonds. The van der Waals surface area contributed by atoms with Gasteiger partial charge in [-0.1, -0.05) is 35.3 Å². The SMILES string of the molecule is COc1cc(Cl)c(C)cc1NCC(=O)NC(C)c1ccc(Cl)cc1. The molecule has 1 atom stereocenters. The van der Waals surface area contributed by atoms with Crippen LogP contribution in [0.4, 0.5) is 5.69 Å². The number of amides is 1. The number of aryl methyl sites for hydroxylation is 1. The lowest BCUT2D eigenvalue weighted by Crippen LogP contribution is -2.32. The molecule has 0 spiro atoms. The van der Waals surface area contributed by atoms with Crippen molar-refractivity contribution in [1.29, 1.82) is 0 Å². The lowest BCUT2D eigenvalue weighted by molar-refractivity contribution is -0.120. The van der Waals surface area contributed by atoms with Crippen LogP contribution in [0.3, 0.4) is 0 Å². The predicted octanol–water partition coefficient (Wildman–Crippen LogP) is 4.60. The Kier molecular flexibility index (Phi) is 6.35. The number of nitrogens with one attached hydrogen (secondary N) is 2. The standard InChI is InChI=1S/C18H20Cl2N2O2/c1-11-8-16(17(24-3)9-15(11)20)21-10-18(23)22-12(2)13-4-6-14(19)7-5-13/h4-9,12,21H,10H2,1-3H3,(H,22,23). The van der Waals surface area contributed by atoms with Crippen LogP contribution in [-0.4, -0.2) is 19.6 Å². The van der Waals surface area contributed by atoms with Crippen LogP contribution in [0.5, 0.6) is 5.75 Å². The zero-order chi connectivity index (χ0) is 17.7. The van der Waals surface area contributed by atoms with Gasteiger partial charge < -0.3 is 15.4 Å². The van der Waals surface area contributed by atoms with E-state index in [9.17, 15) is 4.79 Å². The van der Waals surface area contributed by atoms with Gasteiger partial charge in [0.25, 0.3) is 0 Å². The van der Waals surface area contributed by atoms with E-state index >= 15 is 0 Å². The van der Waals surface area contributed by atoms with Gasteiger partial charge in [0.1, 0.15) is 5.75 Å². The van der Waals surface area contributed by atoms with Crippen molar-refractivity contribution in [2.75, 3.05) is 19.0 Å². The molecule has 0 fully saturated rings. The Bertz CT molecular complexity index is 718. The molecule has 0 aromatic heterocycles. The van der Waals surface area contributed by atoms with Gasteiger partial charge in [-0.2, -0.15) is 0 Å². The number of ether oxygens (including phenoxy) is 1. The summed E-state index contributed by atoms with van der Waals surface area (Å²) in [6.07, 6.45) is 0. The first kappa shape index (κ1) is 18.4. The maximum absolute atomic E-state index is 12.2. The molecule has 0 aliphatic rings. The number of hydrogen-bond donors (Lipinski definition) is 2. The number of hydrogen-bond acceptors (Lipinski definition) is 3. The molecule has 6 heteroatoms. The largest absolute Gasteiger partial charge is 0.495 e. The number of halogens is 2. The summed E-state index contributed by atoms with van der Waals surface area (Å²) in [5.74, 6) is 0.483. The van der Waals surface area contributed by atoms with Gasteiger partial charge in [0.05, 0.1) is 25.4 Å². The second-order valence-electron chi connectivity index (χ2n) is 5.50. The van der Waals surface area contributed by atoms with Gasteiger partial charge in [-0.05, 0) is 43.2 Å². The molecule has 24 heavy (non-hydrogen) atoms. The zero-order valence-electron chi connectivity index (χ0n) is 13.8. The smallest absolute Gasteiger partial charge is 0.239 e. The number of carbonyl (C=O) groups excluding carboxylic acids is 1. The van der Waals surface area contributed by atoms with E-state index in [1.807, 2.05) is 32.0 Å². The van der Waals surface area contributed by atoms with Crippen molar-refractivity contribution in [3.63, 3.8) is 0 Å². The Morgan fingerprint density at radius 3 is 2.50 bits per heavy atom. The summed E-state index contributed by atoms with van der Waals surface area (Å²) >= 11 is 12.0. The molecule has 1 unspecified atom stereocenters. The zero-order valence-corrected chi connectivity index (χ0v) is 15.3. The Morgan fingerprint density at radius 1 is 1.21 bits per heavy atom. The highest BCUT2D eigenvalue weighted by molar-refractivity contribution is 6.31. The lowest BCUT2D eigenvalue weighted by Gasteiger charge is -2.16. The molecule has 0 aliphatic carbocycles. The molecule has 0 saturated heterocycles. The van der Waals surface area contributed by atoms with Gasteiger partial charge in [0.15, 0.2) is 0 Å². The molecular weight excluding hydrogens is 347 g/mol. The molecule has 2 N–H and O–H groups in total. The number of methoxy groups -OCH3 is 1. The van der Waals surface area contributed by atoms with Gasteiger partial charge in [-0.25, -0.2) is 0 Å². The van der Waals surface area contributed by atoms with Crippen LogP contribution in [0.2, 0.25) is 10.0 Å². The average molecular weight is 367 g/mol. The van der Waals surface area contributed by atoms with Gasteiger partial charge in [0, 0.05) is 16.1 Å². The van der Waals surface area contributed by atoms with Crippen LogP contribution < -0.4 is 15.4 Å². The van der Waals surface area contributed by atoms with Crippen molar-refractivity contribution < 1.29 is 9.53 Å². The fourth-order valence-corrected chi connectivity index (χ4v) is 2.55. The Morgan fingerprint density at radius 2 is 1.88 bits per heavy atom. The Hall–Kier alpha value is -1.91. The first-order chi connectivity index (χ1) is 11.4.